The van der Waals surface area contributed by atoms with E-state index < -0.39 is 31.7 Å². The molecule has 0 aliphatic carbocycles. The molecule has 0 bridgehead atoms. The molecule has 0 saturated carbocycles. The summed E-state index contributed by atoms with van der Waals surface area (Å²) in [5, 5.41) is 4.84. The van der Waals surface area contributed by atoms with Crippen LogP contribution in [0.15, 0.2) is 45.5 Å². The van der Waals surface area contributed by atoms with Gasteiger partial charge < -0.3 is 10.1 Å². The van der Waals surface area contributed by atoms with Gasteiger partial charge in [-0.15, -0.1) is 11.3 Å². The average Bonchev–Trinajstić information content (AvgIpc) is 3.21. The summed E-state index contributed by atoms with van der Waals surface area (Å²) in [6, 6.07) is 6.83. The fourth-order valence-corrected chi connectivity index (χ4v) is 6.40. The first kappa shape index (κ1) is 24.4. The summed E-state index contributed by atoms with van der Waals surface area (Å²) < 4.78 is 55.7. The normalized spacial score (nSPS) is 15.9. The average molecular weight is 501 g/mol. The highest BCUT2D eigenvalue weighted by Crippen LogP contribution is 2.28. The van der Waals surface area contributed by atoms with Crippen LogP contribution in [-0.2, 0) is 29.4 Å². The molecule has 0 spiro atoms. The van der Waals surface area contributed by atoms with Gasteiger partial charge >= 0.3 is 5.97 Å². The Morgan fingerprint density at radius 3 is 2.41 bits per heavy atom. The molecule has 3 rings (SSSR count). The van der Waals surface area contributed by atoms with Gasteiger partial charge in [0.25, 0.3) is 0 Å². The van der Waals surface area contributed by atoms with Gasteiger partial charge in [-0.3, -0.25) is 4.79 Å². The molecule has 32 heavy (non-hydrogen) atoms. The molecule has 1 aliphatic rings. The maximum Gasteiger partial charge on any atom is 0.341 e. The molecule has 2 heterocycles. The minimum Gasteiger partial charge on any atom is -0.462 e. The zero-order chi connectivity index (χ0) is 23.5. The largest absolute Gasteiger partial charge is 0.462 e. The second-order valence-electron chi connectivity index (χ2n) is 7.30. The van der Waals surface area contributed by atoms with E-state index in [-0.39, 0.29) is 41.0 Å². The lowest BCUT2D eigenvalue weighted by atomic mass is 9.97. The first-order valence-corrected chi connectivity index (χ1v) is 14.1. The standard InChI is InChI=1S/C20H24N2O7S3/c1-3-29-20(24)17-9-12-30-19(17)21-18(23)14-7-10-22(11-8-14)32(27,28)16-6-4-5-15(13-16)31(2,25)26/h4-6,9,12-14H,3,7-8,10-11H2,1-2H3,(H,21,23). The van der Waals surface area contributed by atoms with E-state index >= 15 is 0 Å². The highest BCUT2D eigenvalue weighted by atomic mass is 32.2. The molecule has 0 atom stereocenters. The number of carbonyl (C=O) groups is 2. The first-order valence-electron chi connectivity index (χ1n) is 9.89. The molecule has 9 nitrogen and oxygen atoms in total. The lowest BCUT2D eigenvalue weighted by Gasteiger charge is -2.30. The van der Waals surface area contributed by atoms with Crippen LogP contribution < -0.4 is 5.32 Å². The van der Waals surface area contributed by atoms with E-state index in [4.69, 9.17) is 4.74 Å². The van der Waals surface area contributed by atoms with Gasteiger partial charge in [0.05, 0.1) is 22.0 Å². The van der Waals surface area contributed by atoms with Crippen LogP contribution in [0.1, 0.15) is 30.1 Å². The minimum absolute atomic E-state index is 0.0683. The third-order valence-corrected chi connectivity index (χ3v) is 8.93. The van der Waals surface area contributed by atoms with Gasteiger partial charge in [-0.2, -0.15) is 4.31 Å². The number of nitrogens with one attached hydrogen (secondary N) is 1. The summed E-state index contributed by atoms with van der Waals surface area (Å²) >= 11 is 1.21. The van der Waals surface area contributed by atoms with E-state index in [1.165, 1.54) is 33.8 Å². The summed E-state index contributed by atoms with van der Waals surface area (Å²) in [6.45, 7) is 2.17. The van der Waals surface area contributed by atoms with Crippen molar-refractivity contribution in [3.05, 3.63) is 41.3 Å². The number of esters is 1. The summed E-state index contributed by atoms with van der Waals surface area (Å²) in [5.74, 6) is -1.21. The molecule has 1 fully saturated rings. The molecular weight excluding hydrogens is 476 g/mol. The Balaban J connectivity index is 1.66. The van der Waals surface area contributed by atoms with Crippen molar-refractivity contribution in [1.29, 1.82) is 0 Å². The fourth-order valence-electron chi connectivity index (χ4n) is 3.36. The second-order valence-corrected chi connectivity index (χ2v) is 12.2. The SMILES string of the molecule is CCOC(=O)c1ccsc1NC(=O)C1CCN(S(=O)(=O)c2cccc(S(C)(=O)=O)c2)CC1. The highest BCUT2D eigenvalue weighted by Gasteiger charge is 2.33. The van der Waals surface area contributed by atoms with Crippen LogP contribution in [0.5, 0.6) is 0 Å². The quantitative estimate of drug-likeness (QED) is 0.578. The number of carbonyl (C=O) groups excluding carboxylic acids is 2. The molecule has 1 N–H and O–H groups in total. The Bertz CT molecular complexity index is 1210. The zero-order valence-corrected chi connectivity index (χ0v) is 20.1. The lowest BCUT2D eigenvalue weighted by Crippen LogP contribution is -2.41. The number of nitrogens with zero attached hydrogens (tertiary/aromatic N) is 1. The molecule has 174 valence electrons. The molecule has 12 heteroatoms. The van der Waals surface area contributed by atoms with Crippen molar-refractivity contribution in [3.8, 4) is 0 Å². The number of sulfonamides is 1. The number of sulfone groups is 1. The number of rotatable bonds is 7. The second kappa shape index (κ2) is 9.69. The van der Waals surface area contributed by atoms with E-state index in [1.54, 1.807) is 18.4 Å². The van der Waals surface area contributed by atoms with Crippen molar-refractivity contribution in [2.45, 2.75) is 29.6 Å². The van der Waals surface area contributed by atoms with E-state index in [2.05, 4.69) is 5.32 Å². The van der Waals surface area contributed by atoms with Crippen molar-refractivity contribution < 1.29 is 31.2 Å². The maximum absolute atomic E-state index is 13.0. The van der Waals surface area contributed by atoms with Crippen LogP contribution in [-0.4, -0.2) is 59.0 Å². The Kier molecular flexibility index (Phi) is 7.38. The topological polar surface area (TPSA) is 127 Å². The van der Waals surface area contributed by atoms with Crippen molar-refractivity contribution >= 4 is 48.1 Å². The molecule has 0 radical (unpaired) electrons. The Labute approximate surface area is 191 Å². The molecule has 1 saturated heterocycles. The number of anilines is 1. The number of hydrogen-bond acceptors (Lipinski definition) is 8. The van der Waals surface area contributed by atoms with Crippen LogP contribution in [0.25, 0.3) is 0 Å². The number of thiophene rings is 1. The Hall–Kier alpha value is -2.28. The maximum atomic E-state index is 13.0. The van der Waals surface area contributed by atoms with Gasteiger partial charge in [0, 0.05) is 25.3 Å². The van der Waals surface area contributed by atoms with Crippen LogP contribution >= 0.6 is 11.3 Å². The van der Waals surface area contributed by atoms with E-state index in [0.29, 0.717) is 17.8 Å². The van der Waals surface area contributed by atoms with Gasteiger partial charge in [0.1, 0.15) is 5.00 Å². The minimum atomic E-state index is -3.89. The van der Waals surface area contributed by atoms with E-state index in [1.807, 2.05) is 0 Å². The molecule has 0 unspecified atom stereocenters. The van der Waals surface area contributed by atoms with E-state index in [9.17, 15) is 26.4 Å². The smallest absolute Gasteiger partial charge is 0.341 e. The number of benzene rings is 1. The molecular formula is C20H24N2O7S3. The molecule has 1 aromatic heterocycles. The zero-order valence-electron chi connectivity index (χ0n) is 17.6. The number of piperidine rings is 1. The first-order chi connectivity index (χ1) is 15.0. The van der Waals surface area contributed by atoms with Gasteiger partial charge in [0.2, 0.25) is 15.9 Å². The molecule has 1 aromatic carbocycles. The molecule has 1 aliphatic heterocycles. The van der Waals surface area contributed by atoms with E-state index in [0.717, 1.165) is 12.3 Å². The summed E-state index contributed by atoms with van der Waals surface area (Å²) in [4.78, 5) is 24.5. The third-order valence-electron chi connectivity index (χ3n) is 5.09. The summed E-state index contributed by atoms with van der Waals surface area (Å²) in [5.41, 5.74) is 0.288. The van der Waals surface area contributed by atoms with Gasteiger partial charge in [0.15, 0.2) is 9.84 Å². The van der Waals surface area contributed by atoms with Crippen LogP contribution in [0, 0.1) is 5.92 Å². The molecule has 2 aromatic rings. The third kappa shape index (κ3) is 5.37. The Morgan fingerprint density at radius 2 is 1.78 bits per heavy atom. The van der Waals surface area contributed by atoms with Crippen LogP contribution in [0.4, 0.5) is 5.00 Å². The van der Waals surface area contributed by atoms with Gasteiger partial charge in [-0.05, 0) is 49.4 Å². The van der Waals surface area contributed by atoms with Crippen molar-refractivity contribution in [2.24, 2.45) is 5.92 Å². The number of hydrogen-bond donors (Lipinski definition) is 1. The summed E-state index contributed by atoms with van der Waals surface area (Å²) in [7, 11) is -7.43. The Morgan fingerprint density at radius 1 is 1.12 bits per heavy atom. The van der Waals surface area contributed by atoms with Gasteiger partial charge in [-0.1, -0.05) is 6.07 Å². The van der Waals surface area contributed by atoms with Gasteiger partial charge in [-0.25, -0.2) is 21.6 Å². The fraction of sp³-hybridized carbons (Fsp3) is 0.400. The monoisotopic (exact) mass is 500 g/mol. The lowest BCUT2D eigenvalue weighted by molar-refractivity contribution is -0.120. The number of amides is 1. The summed E-state index contributed by atoms with van der Waals surface area (Å²) in [6.07, 6.45) is 1.62. The predicted molar refractivity (Wildman–Crippen MR) is 120 cm³/mol. The number of ether oxygens (including phenoxy) is 1. The van der Waals surface area contributed by atoms with Crippen molar-refractivity contribution in [2.75, 3.05) is 31.3 Å². The molecule has 1 amide bonds. The predicted octanol–water partition coefficient (Wildman–Crippen LogP) is 2.37. The highest BCUT2D eigenvalue weighted by molar-refractivity contribution is 7.91. The van der Waals surface area contributed by atoms with Crippen LogP contribution in [0.3, 0.4) is 0 Å². The van der Waals surface area contributed by atoms with Crippen molar-refractivity contribution in [1.82, 2.24) is 4.31 Å². The van der Waals surface area contributed by atoms with Crippen molar-refractivity contribution in [3.63, 3.8) is 0 Å². The van der Waals surface area contributed by atoms with Crippen LogP contribution in [0.2, 0.25) is 0 Å².